The number of aromatic nitrogens is 1. The van der Waals surface area contributed by atoms with Gasteiger partial charge in [0.25, 0.3) is 0 Å². The predicted octanol–water partition coefficient (Wildman–Crippen LogP) is 1.77. The van der Waals surface area contributed by atoms with Gasteiger partial charge in [-0.2, -0.15) is 5.26 Å². The number of rotatable bonds is 3. The lowest BCUT2D eigenvalue weighted by molar-refractivity contribution is 0.153. The average molecular weight is 255 g/mol. The highest BCUT2D eigenvalue weighted by Gasteiger charge is 2.25. The van der Waals surface area contributed by atoms with Gasteiger partial charge >= 0.3 is 0 Å². The molecule has 3 heterocycles. The van der Waals surface area contributed by atoms with E-state index in [1.807, 2.05) is 35.0 Å². The van der Waals surface area contributed by atoms with Gasteiger partial charge in [0.1, 0.15) is 6.07 Å². The third-order valence-corrected chi connectivity index (χ3v) is 3.96. The number of nitriles is 1. The summed E-state index contributed by atoms with van der Waals surface area (Å²) in [5, 5.41) is 18.7. The Kier molecular flexibility index (Phi) is 3.24. The van der Waals surface area contributed by atoms with E-state index < -0.39 is 0 Å². The van der Waals surface area contributed by atoms with Crippen LogP contribution >= 0.6 is 0 Å². The highest BCUT2D eigenvalue weighted by atomic mass is 16.3. The van der Waals surface area contributed by atoms with Crippen LogP contribution in [0.3, 0.4) is 0 Å². The van der Waals surface area contributed by atoms with Crippen molar-refractivity contribution in [3.63, 3.8) is 0 Å². The Morgan fingerprint density at radius 2 is 2.32 bits per heavy atom. The van der Waals surface area contributed by atoms with E-state index in [1.165, 1.54) is 0 Å². The zero-order valence-corrected chi connectivity index (χ0v) is 10.8. The normalized spacial score (nSPS) is 19.9. The Morgan fingerprint density at radius 3 is 3.11 bits per heavy atom. The SMILES string of the molecule is N#Cc1c(CN2CCC[C@H]2CO)cn2ccccc12. The van der Waals surface area contributed by atoms with Gasteiger partial charge in [-0.05, 0) is 31.5 Å². The molecule has 1 aliphatic heterocycles. The van der Waals surface area contributed by atoms with Gasteiger partial charge in [0.15, 0.2) is 0 Å². The summed E-state index contributed by atoms with van der Waals surface area (Å²) in [6.45, 7) is 1.95. The first-order valence-corrected chi connectivity index (χ1v) is 6.67. The minimum absolute atomic E-state index is 0.204. The lowest BCUT2D eigenvalue weighted by Crippen LogP contribution is -2.31. The van der Waals surface area contributed by atoms with Gasteiger partial charge in [0, 0.05) is 30.5 Å². The van der Waals surface area contributed by atoms with Gasteiger partial charge < -0.3 is 9.51 Å². The van der Waals surface area contributed by atoms with E-state index >= 15 is 0 Å². The summed E-state index contributed by atoms with van der Waals surface area (Å²) in [7, 11) is 0. The van der Waals surface area contributed by atoms with Crippen LogP contribution in [0.25, 0.3) is 5.52 Å². The van der Waals surface area contributed by atoms with Crippen LogP contribution in [0, 0.1) is 11.3 Å². The molecule has 0 unspecified atom stereocenters. The Labute approximate surface area is 112 Å². The van der Waals surface area contributed by atoms with E-state index in [9.17, 15) is 10.4 Å². The zero-order chi connectivity index (χ0) is 13.2. The molecule has 4 nitrogen and oxygen atoms in total. The minimum atomic E-state index is 0.204. The summed E-state index contributed by atoms with van der Waals surface area (Å²) >= 11 is 0. The standard InChI is InChI=1S/C15H17N3O/c16-8-14-12(9-17-7-3-4-13(17)11-19)10-18-6-2-1-5-15(14)18/h1-2,5-6,10,13,19H,3-4,7,9,11H2/t13-/m0/s1. The van der Waals surface area contributed by atoms with Crippen molar-refractivity contribution in [3.05, 3.63) is 41.7 Å². The Bertz CT molecular complexity index is 626. The third-order valence-electron chi connectivity index (χ3n) is 3.96. The van der Waals surface area contributed by atoms with E-state index in [4.69, 9.17) is 0 Å². The molecule has 1 fully saturated rings. The fourth-order valence-electron chi connectivity index (χ4n) is 2.96. The predicted molar refractivity (Wildman–Crippen MR) is 72.6 cm³/mol. The molecule has 4 heteroatoms. The van der Waals surface area contributed by atoms with Gasteiger partial charge in [-0.1, -0.05) is 6.07 Å². The van der Waals surface area contributed by atoms with Gasteiger partial charge in [0.2, 0.25) is 0 Å². The van der Waals surface area contributed by atoms with Crippen LogP contribution in [0.5, 0.6) is 0 Å². The zero-order valence-electron chi connectivity index (χ0n) is 10.8. The molecule has 19 heavy (non-hydrogen) atoms. The number of likely N-dealkylation sites (tertiary alicyclic amines) is 1. The topological polar surface area (TPSA) is 51.7 Å². The molecule has 0 spiro atoms. The quantitative estimate of drug-likeness (QED) is 0.909. The first-order chi connectivity index (χ1) is 9.33. The number of aliphatic hydroxyl groups excluding tert-OH is 1. The van der Waals surface area contributed by atoms with Crippen molar-refractivity contribution in [3.8, 4) is 6.07 Å². The van der Waals surface area contributed by atoms with Crippen molar-refractivity contribution in [1.29, 1.82) is 5.26 Å². The van der Waals surface area contributed by atoms with E-state index in [-0.39, 0.29) is 12.6 Å². The molecule has 0 aliphatic carbocycles. The Morgan fingerprint density at radius 1 is 1.42 bits per heavy atom. The van der Waals surface area contributed by atoms with Crippen LogP contribution in [0.4, 0.5) is 0 Å². The lowest BCUT2D eigenvalue weighted by Gasteiger charge is -2.22. The first kappa shape index (κ1) is 12.2. The molecule has 2 aromatic heterocycles. The smallest absolute Gasteiger partial charge is 0.102 e. The molecule has 0 radical (unpaired) electrons. The molecular formula is C15H17N3O. The van der Waals surface area contributed by atoms with Gasteiger partial charge in [-0.3, -0.25) is 4.90 Å². The second kappa shape index (κ2) is 5.04. The molecule has 3 rings (SSSR count). The molecule has 0 aromatic carbocycles. The molecule has 0 saturated carbocycles. The van der Waals surface area contributed by atoms with Crippen molar-refractivity contribution < 1.29 is 5.11 Å². The van der Waals surface area contributed by atoms with Crippen LogP contribution < -0.4 is 0 Å². The largest absolute Gasteiger partial charge is 0.395 e. The first-order valence-electron chi connectivity index (χ1n) is 6.67. The highest BCUT2D eigenvalue weighted by molar-refractivity contribution is 5.65. The molecule has 1 saturated heterocycles. The van der Waals surface area contributed by atoms with Crippen molar-refractivity contribution in [2.24, 2.45) is 0 Å². The van der Waals surface area contributed by atoms with E-state index in [0.29, 0.717) is 0 Å². The fraction of sp³-hybridized carbons (Fsp3) is 0.400. The van der Waals surface area contributed by atoms with Crippen LogP contribution in [0.1, 0.15) is 24.0 Å². The summed E-state index contributed by atoms with van der Waals surface area (Å²) < 4.78 is 2.00. The number of nitrogens with zero attached hydrogens (tertiary/aromatic N) is 3. The summed E-state index contributed by atoms with van der Waals surface area (Å²) in [6, 6.07) is 8.44. The number of hydrogen-bond acceptors (Lipinski definition) is 3. The third kappa shape index (κ3) is 2.12. The van der Waals surface area contributed by atoms with Crippen molar-refractivity contribution >= 4 is 5.52 Å². The maximum Gasteiger partial charge on any atom is 0.102 e. The highest BCUT2D eigenvalue weighted by Crippen LogP contribution is 2.24. The van der Waals surface area contributed by atoms with Gasteiger partial charge in [0.05, 0.1) is 17.7 Å². The molecule has 1 aliphatic rings. The van der Waals surface area contributed by atoms with E-state index in [1.54, 1.807) is 0 Å². The minimum Gasteiger partial charge on any atom is -0.395 e. The molecule has 2 aromatic rings. The number of fused-ring (bicyclic) bond motifs is 1. The number of aliphatic hydroxyl groups is 1. The number of hydrogen-bond donors (Lipinski definition) is 1. The maximum atomic E-state index is 9.37. The molecule has 1 atom stereocenters. The Hall–Kier alpha value is -1.83. The van der Waals surface area contributed by atoms with Gasteiger partial charge in [-0.25, -0.2) is 0 Å². The van der Waals surface area contributed by atoms with E-state index in [2.05, 4.69) is 11.0 Å². The van der Waals surface area contributed by atoms with E-state index in [0.717, 1.165) is 42.6 Å². The lowest BCUT2D eigenvalue weighted by atomic mass is 10.1. The van der Waals surface area contributed by atoms with Gasteiger partial charge in [-0.15, -0.1) is 0 Å². The summed E-state index contributed by atoms with van der Waals surface area (Å²) in [4.78, 5) is 2.27. The average Bonchev–Trinajstić information content (AvgIpc) is 3.02. The van der Waals surface area contributed by atoms with Crippen LogP contribution in [0.15, 0.2) is 30.6 Å². The molecular weight excluding hydrogens is 238 g/mol. The maximum absolute atomic E-state index is 9.37. The van der Waals surface area contributed by atoms with Crippen LogP contribution in [-0.4, -0.2) is 33.6 Å². The fourth-order valence-corrected chi connectivity index (χ4v) is 2.96. The second-order valence-corrected chi connectivity index (χ2v) is 5.08. The van der Waals surface area contributed by atoms with Crippen LogP contribution in [-0.2, 0) is 6.54 Å². The molecule has 1 N–H and O–H groups in total. The van der Waals surface area contributed by atoms with Crippen molar-refractivity contribution in [2.45, 2.75) is 25.4 Å². The van der Waals surface area contributed by atoms with Crippen molar-refractivity contribution in [1.82, 2.24) is 9.30 Å². The monoisotopic (exact) mass is 255 g/mol. The molecule has 98 valence electrons. The molecule has 0 bridgehead atoms. The second-order valence-electron chi connectivity index (χ2n) is 5.08. The van der Waals surface area contributed by atoms with Crippen LogP contribution in [0.2, 0.25) is 0 Å². The summed E-state index contributed by atoms with van der Waals surface area (Å²) in [5.74, 6) is 0. The number of pyridine rings is 1. The Balaban J connectivity index is 1.95. The summed E-state index contributed by atoms with van der Waals surface area (Å²) in [5.41, 5.74) is 2.76. The molecule has 0 amide bonds. The summed E-state index contributed by atoms with van der Waals surface area (Å²) in [6.07, 6.45) is 6.17. The van der Waals surface area contributed by atoms with Crippen molar-refractivity contribution in [2.75, 3.05) is 13.2 Å².